The average Bonchev–Trinajstić information content (AvgIpc) is 2.78. The quantitative estimate of drug-likeness (QED) is 0.558. The lowest BCUT2D eigenvalue weighted by atomic mass is 10.2. The van der Waals surface area contributed by atoms with Crippen LogP contribution in [0.1, 0.15) is 18.1 Å². The number of rotatable bonds is 2. The van der Waals surface area contributed by atoms with E-state index in [-0.39, 0.29) is 5.38 Å². The van der Waals surface area contributed by atoms with Crippen LogP contribution in [0.4, 0.5) is 0 Å². The number of hydrogen-bond donors (Lipinski definition) is 0. The number of aromatic nitrogens is 2. The van der Waals surface area contributed by atoms with Crippen molar-refractivity contribution >= 4 is 45.8 Å². The van der Waals surface area contributed by atoms with Gasteiger partial charge in [-0.3, -0.25) is 4.57 Å². The van der Waals surface area contributed by atoms with E-state index < -0.39 is 0 Å². The zero-order valence-electron chi connectivity index (χ0n) is 10.6. The number of halogens is 3. The Labute approximate surface area is 131 Å². The highest BCUT2D eigenvalue weighted by atomic mass is 35.5. The van der Waals surface area contributed by atoms with Gasteiger partial charge in [0, 0.05) is 0 Å². The fraction of sp³-hybridized carbons (Fsp3) is 0.133. The van der Waals surface area contributed by atoms with Crippen molar-refractivity contribution in [3.8, 4) is 5.69 Å². The molecule has 1 heterocycles. The van der Waals surface area contributed by atoms with Crippen LogP contribution in [-0.4, -0.2) is 9.55 Å². The molecule has 1 unspecified atom stereocenters. The Morgan fingerprint density at radius 3 is 2.30 bits per heavy atom. The van der Waals surface area contributed by atoms with Gasteiger partial charge in [0.25, 0.3) is 0 Å². The van der Waals surface area contributed by atoms with E-state index >= 15 is 0 Å². The predicted molar refractivity (Wildman–Crippen MR) is 85.4 cm³/mol. The molecule has 2 aromatic carbocycles. The molecule has 0 amide bonds. The van der Waals surface area contributed by atoms with Crippen molar-refractivity contribution in [3.63, 3.8) is 0 Å². The minimum absolute atomic E-state index is 0.255. The Morgan fingerprint density at radius 2 is 1.65 bits per heavy atom. The number of hydrogen-bond acceptors (Lipinski definition) is 1. The number of benzene rings is 2. The molecule has 102 valence electrons. The maximum Gasteiger partial charge on any atom is 0.132 e. The molecule has 0 aliphatic heterocycles. The Balaban J connectivity index is 2.43. The van der Waals surface area contributed by atoms with Gasteiger partial charge in [-0.15, -0.1) is 11.6 Å². The van der Waals surface area contributed by atoms with Crippen LogP contribution in [0.3, 0.4) is 0 Å². The molecule has 3 aromatic rings. The molecule has 5 heteroatoms. The summed E-state index contributed by atoms with van der Waals surface area (Å²) in [4.78, 5) is 4.58. The first-order valence-corrected chi connectivity index (χ1v) is 7.34. The molecule has 0 aliphatic rings. The molecular weight excluding hydrogens is 315 g/mol. The van der Waals surface area contributed by atoms with E-state index in [0.717, 1.165) is 16.9 Å². The van der Waals surface area contributed by atoms with E-state index in [1.807, 2.05) is 41.8 Å². The summed E-state index contributed by atoms with van der Waals surface area (Å²) in [6, 6.07) is 13.2. The Bertz CT molecular complexity index is 758. The molecular formula is C15H11Cl3N2. The van der Waals surface area contributed by atoms with Crippen LogP contribution < -0.4 is 0 Å². The third-order valence-electron chi connectivity index (χ3n) is 3.10. The van der Waals surface area contributed by atoms with Crippen LogP contribution in [0.15, 0.2) is 42.5 Å². The van der Waals surface area contributed by atoms with Crippen LogP contribution >= 0.6 is 34.8 Å². The van der Waals surface area contributed by atoms with Gasteiger partial charge in [-0.25, -0.2) is 4.98 Å². The Morgan fingerprint density at radius 1 is 1.00 bits per heavy atom. The Kier molecular flexibility index (Phi) is 3.63. The summed E-state index contributed by atoms with van der Waals surface area (Å²) >= 11 is 18.9. The topological polar surface area (TPSA) is 17.8 Å². The molecule has 3 rings (SSSR count). The first-order chi connectivity index (χ1) is 9.59. The number of alkyl halides is 1. The summed E-state index contributed by atoms with van der Waals surface area (Å²) < 4.78 is 1.93. The maximum absolute atomic E-state index is 6.32. The second-order valence-electron chi connectivity index (χ2n) is 4.48. The highest BCUT2D eigenvalue weighted by molar-refractivity contribution is 6.38. The molecule has 0 fully saturated rings. The van der Waals surface area contributed by atoms with E-state index in [0.29, 0.717) is 15.7 Å². The van der Waals surface area contributed by atoms with Gasteiger partial charge in [-0.1, -0.05) is 41.4 Å². The van der Waals surface area contributed by atoms with Crippen LogP contribution in [-0.2, 0) is 0 Å². The highest BCUT2D eigenvalue weighted by Crippen LogP contribution is 2.35. The van der Waals surface area contributed by atoms with E-state index in [1.165, 1.54) is 0 Å². The lowest BCUT2D eigenvalue weighted by Gasteiger charge is -2.13. The minimum Gasteiger partial charge on any atom is -0.292 e. The third kappa shape index (κ3) is 2.18. The van der Waals surface area contributed by atoms with Crippen LogP contribution in [0, 0.1) is 0 Å². The minimum atomic E-state index is -0.255. The van der Waals surface area contributed by atoms with E-state index in [4.69, 9.17) is 34.8 Å². The molecule has 1 atom stereocenters. The van der Waals surface area contributed by atoms with Gasteiger partial charge >= 0.3 is 0 Å². The summed E-state index contributed by atoms with van der Waals surface area (Å²) in [5.74, 6) is 0.725. The van der Waals surface area contributed by atoms with Crippen molar-refractivity contribution in [3.05, 3.63) is 58.3 Å². The number of imidazole rings is 1. The second-order valence-corrected chi connectivity index (χ2v) is 5.95. The van der Waals surface area contributed by atoms with Crippen molar-refractivity contribution in [2.24, 2.45) is 0 Å². The van der Waals surface area contributed by atoms with Gasteiger partial charge in [0.05, 0.1) is 32.1 Å². The molecule has 0 radical (unpaired) electrons. The summed E-state index contributed by atoms with van der Waals surface area (Å²) in [7, 11) is 0. The smallest absolute Gasteiger partial charge is 0.132 e. The van der Waals surface area contributed by atoms with Crippen LogP contribution in [0.2, 0.25) is 10.0 Å². The van der Waals surface area contributed by atoms with Crippen molar-refractivity contribution in [2.75, 3.05) is 0 Å². The number of para-hydroxylation sites is 3. The fourth-order valence-corrected chi connectivity index (χ4v) is 2.96. The van der Waals surface area contributed by atoms with Gasteiger partial charge in [-0.05, 0) is 31.2 Å². The lowest BCUT2D eigenvalue weighted by molar-refractivity contribution is 0.883. The monoisotopic (exact) mass is 324 g/mol. The molecule has 20 heavy (non-hydrogen) atoms. The summed E-state index contributed by atoms with van der Waals surface area (Å²) in [6.45, 7) is 1.88. The molecule has 0 N–H and O–H groups in total. The molecule has 0 saturated carbocycles. The van der Waals surface area contributed by atoms with Gasteiger partial charge < -0.3 is 0 Å². The fourth-order valence-electron chi connectivity index (χ4n) is 2.25. The van der Waals surface area contributed by atoms with Crippen LogP contribution in [0.5, 0.6) is 0 Å². The van der Waals surface area contributed by atoms with Gasteiger partial charge in [-0.2, -0.15) is 0 Å². The first kappa shape index (κ1) is 13.7. The van der Waals surface area contributed by atoms with Crippen LogP contribution in [0.25, 0.3) is 16.7 Å². The van der Waals surface area contributed by atoms with E-state index in [2.05, 4.69) is 4.98 Å². The summed E-state index contributed by atoms with van der Waals surface area (Å²) in [6.07, 6.45) is 0. The molecule has 2 nitrogen and oxygen atoms in total. The first-order valence-electron chi connectivity index (χ1n) is 6.15. The summed E-state index contributed by atoms with van der Waals surface area (Å²) in [5, 5.41) is 0.883. The standard InChI is InChI=1S/C15H11Cl3N2/c1-9(16)15-19-12-7-2-3-8-13(12)20(15)14-10(17)5-4-6-11(14)18/h2-9H,1H3. The molecule has 0 saturated heterocycles. The maximum atomic E-state index is 6.32. The van der Waals surface area contributed by atoms with E-state index in [9.17, 15) is 0 Å². The van der Waals surface area contributed by atoms with Crippen molar-refractivity contribution in [2.45, 2.75) is 12.3 Å². The normalized spacial score (nSPS) is 12.8. The number of nitrogens with zero attached hydrogens (tertiary/aromatic N) is 2. The predicted octanol–water partition coefficient (Wildman–Crippen LogP) is 5.63. The Hall–Kier alpha value is -1.22. The third-order valence-corrected chi connectivity index (χ3v) is 3.91. The average molecular weight is 326 g/mol. The summed E-state index contributed by atoms with van der Waals surface area (Å²) in [5.41, 5.74) is 2.52. The van der Waals surface area contributed by atoms with Crippen molar-refractivity contribution in [1.29, 1.82) is 0 Å². The largest absolute Gasteiger partial charge is 0.292 e. The molecule has 0 aliphatic carbocycles. The van der Waals surface area contributed by atoms with Gasteiger partial charge in [0.2, 0.25) is 0 Å². The molecule has 0 spiro atoms. The molecule has 1 aromatic heterocycles. The van der Waals surface area contributed by atoms with Crippen molar-refractivity contribution in [1.82, 2.24) is 9.55 Å². The lowest BCUT2D eigenvalue weighted by Crippen LogP contribution is -2.03. The zero-order chi connectivity index (χ0) is 14.3. The van der Waals surface area contributed by atoms with Gasteiger partial charge in [0.1, 0.15) is 5.82 Å². The van der Waals surface area contributed by atoms with E-state index in [1.54, 1.807) is 12.1 Å². The SMILES string of the molecule is CC(Cl)c1nc2ccccc2n1-c1c(Cl)cccc1Cl. The van der Waals surface area contributed by atoms with Crippen molar-refractivity contribution < 1.29 is 0 Å². The number of fused-ring (bicyclic) bond motifs is 1. The second kappa shape index (κ2) is 5.28. The highest BCUT2D eigenvalue weighted by Gasteiger charge is 2.19. The zero-order valence-corrected chi connectivity index (χ0v) is 12.9. The van der Waals surface area contributed by atoms with Gasteiger partial charge in [0.15, 0.2) is 0 Å². The molecule has 0 bridgehead atoms.